The van der Waals surface area contributed by atoms with Crippen LogP contribution in [0.25, 0.3) is 33.3 Å². The molecule has 4 fully saturated rings. The predicted molar refractivity (Wildman–Crippen MR) is 231 cm³/mol. The van der Waals surface area contributed by atoms with Gasteiger partial charge < -0.3 is 45.1 Å². The Morgan fingerprint density at radius 3 is 1.89 bits per heavy atom. The van der Waals surface area contributed by atoms with Crippen LogP contribution in [-0.4, -0.2) is 71.1 Å². The van der Waals surface area contributed by atoms with Crippen molar-refractivity contribution in [3.8, 4) is 22.3 Å². The van der Waals surface area contributed by atoms with E-state index in [0.29, 0.717) is 30.7 Å². The molecule has 2 saturated carbocycles. The quantitative estimate of drug-likeness (QED) is 0.0907. The van der Waals surface area contributed by atoms with Crippen LogP contribution >= 0.6 is 0 Å². The van der Waals surface area contributed by atoms with Crippen LogP contribution in [0.1, 0.15) is 132 Å². The van der Waals surface area contributed by atoms with Crippen LogP contribution in [0.4, 0.5) is 11.4 Å². The number of hydrogen-bond donors (Lipinski definition) is 6. The number of carbonyl (C=O) groups is 3. The molecule has 2 aromatic carbocycles. The highest BCUT2D eigenvalue weighted by Crippen LogP contribution is 2.41. The molecule has 0 bridgehead atoms. The average Bonchev–Trinajstić information content (AvgIpc) is 4.06. The average molecular weight is 835 g/mol. The fraction of sp³-hybridized carbons (Fsp3) is 0.522. The van der Waals surface area contributed by atoms with E-state index in [9.17, 15) is 24.6 Å². The van der Waals surface area contributed by atoms with Crippen molar-refractivity contribution >= 4 is 40.1 Å². The molecule has 2 aliphatic carbocycles. The monoisotopic (exact) mass is 834 g/mol. The lowest BCUT2D eigenvalue weighted by atomic mass is 9.83. The summed E-state index contributed by atoms with van der Waals surface area (Å²) in [6.07, 6.45) is 8.68. The number of hydrogen-bond acceptors (Lipinski definition) is 11. The summed E-state index contributed by atoms with van der Waals surface area (Å²) in [6.45, 7) is 11.4. The van der Waals surface area contributed by atoms with Crippen molar-refractivity contribution in [1.29, 1.82) is 0 Å². The molecule has 3 amide bonds. The number of nitrogens with one attached hydrogen (secondary N) is 4. The first-order valence-electron chi connectivity index (χ1n) is 21.7. The molecule has 2 atom stereocenters. The SMILES string of the molecule is Cc1noc(C)c1-c1ccc(NC2CCC(C)(O)CC2)c(NC(=O)[C@@H]2CCC(=O)N2)c1.Cc1noc(C)c1-c1ccc2c(c1)nc([C@@H]1CCC(=O)N1)n2C1CCC(C)(O)CC1. The predicted octanol–water partition coefficient (Wildman–Crippen LogP) is 7.41. The molecule has 5 heterocycles. The molecule has 2 aliphatic heterocycles. The number of nitrogens with zero attached hydrogens (tertiary/aromatic N) is 4. The van der Waals surface area contributed by atoms with Crippen LogP contribution in [0.5, 0.6) is 0 Å². The number of imidazole rings is 1. The second-order valence-electron chi connectivity index (χ2n) is 18.2. The first kappa shape index (κ1) is 42.2. The van der Waals surface area contributed by atoms with Gasteiger partial charge in [-0.3, -0.25) is 14.4 Å². The maximum atomic E-state index is 12.8. The summed E-state index contributed by atoms with van der Waals surface area (Å²) in [5.74, 6) is 2.20. The number of benzene rings is 2. The smallest absolute Gasteiger partial charge is 0.247 e. The maximum absolute atomic E-state index is 12.8. The van der Waals surface area contributed by atoms with E-state index in [1.165, 1.54) is 0 Å². The second-order valence-corrected chi connectivity index (χ2v) is 18.2. The normalized spacial score (nSPS) is 26.4. The molecule has 0 unspecified atom stereocenters. The van der Waals surface area contributed by atoms with Crippen molar-refractivity contribution in [1.82, 2.24) is 30.5 Å². The third-order valence-corrected chi connectivity index (χ3v) is 13.1. The van der Waals surface area contributed by atoms with Gasteiger partial charge in [0.15, 0.2) is 0 Å². The summed E-state index contributed by atoms with van der Waals surface area (Å²) < 4.78 is 13.0. The fourth-order valence-electron chi connectivity index (χ4n) is 9.55. The lowest BCUT2D eigenvalue weighted by molar-refractivity contribution is -0.122. The topological polar surface area (TPSA) is 210 Å². The first-order chi connectivity index (χ1) is 29.0. The van der Waals surface area contributed by atoms with Crippen LogP contribution < -0.4 is 21.3 Å². The molecule has 4 aliphatic rings. The van der Waals surface area contributed by atoms with Gasteiger partial charge in [0.2, 0.25) is 17.7 Å². The van der Waals surface area contributed by atoms with Crippen molar-refractivity contribution in [2.24, 2.45) is 0 Å². The third kappa shape index (κ3) is 9.08. The standard InChI is InChI=1S/C23H30N4O4.C23H28N4O3/c1-13-21(14(2)31-27-13)15-4-5-17(24-16-8-10-23(3,30)11-9-16)19(12-15)26-22(29)18-6-7-20(28)25-18;1-13-21(14(2)30-26-13)15-4-6-19-18(12-15)25-22(17-5-7-20(28)24-17)27(19)16-8-10-23(3,29)11-9-16/h4-5,12,16,18,24,30H,6-11H2,1-3H3,(H,25,28)(H,26,29);4,6,12,16-17,29H,5,7-11H2,1-3H3,(H,24,28)/t16?,18-,23?;16?,17-,23?/m00/s1. The number of anilines is 2. The van der Waals surface area contributed by atoms with Crippen LogP contribution in [0.3, 0.4) is 0 Å². The largest absolute Gasteiger partial charge is 0.390 e. The Morgan fingerprint density at radius 1 is 0.754 bits per heavy atom. The van der Waals surface area contributed by atoms with E-state index in [1.54, 1.807) is 0 Å². The van der Waals surface area contributed by atoms with Gasteiger partial charge in [-0.1, -0.05) is 22.4 Å². The van der Waals surface area contributed by atoms with E-state index >= 15 is 0 Å². The number of carbonyl (C=O) groups excluding carboxylic acids is 3. The minimum atomic E-state index is -0.608. The third-order valence-electron chi connectivity index (χ3n) is 13.1. The Labute approximate surface area is 355 Å². The van der Waals surface area contributed by atoms with Crippen LogP contribution in [0, 0.1) is 27.7 Å². The van der Waals surface area contributed by atoms with Gasteiger partial charge in [0.1, 0.15) is 23.4 Å². The number of fused-ring (bicyclic) bond motifs is 1. The molecule has 2 saturated heterocycles. The summed E-state index contributed by atoms with van der Waals surface area (Å²) in [6, 6.07) is 12.1. The van der Waals surface area contributed by atoms with Gasteiger partial charge in [0.05, 0.1) is 51.0 Å². The molecule has 324 valence electrons. The maximum Gasteiger partial charge on any atom is 0.247 e. The molecule has 9 rings (SSSR count). The fourth-order valence-corrected chi connectivity index (χ4v) is 9.55. The van der Waals surface area contributed by atoms with Gasteiger partial charge in [-0.05, 0) is 141 Å². The lowest BCUT2D eigenvalue weighted by Gasteiger charge is -2.35. The second kappa shape index (κ2) is 16.7. The van der Waals surface area contributed by atoms with Gasteiger partial charge in [-0.2, -0.15) is 0 Å². The highest BCUT2D eigenvalue weighted by molar-refractivity contribution is 6.01. The Bertz CT molecular complexity index is 2400. The zero-order valence-corrected chi connectivity index (χ0v) is 36.0. The van der Waals surface area contributed by atoms with Gasteiger partial charge in [-0.15, -0.1) is 0 Å². The zero-order valence-electron chi connectivity index (χ0n) is 36.0. The molecule has 6 N–H and O–H groups in total. The first-order valence-corrected chi connectivity index (χ1v) is 21.7. The van der Waals surface area contributed by atoms with Crippen LogP contribution in [0.2, 0.25) is 0 Å². The highest BCUT2D eigenvalue weighted by atomic mass is 16.5. The molecule has 61 heavy (non-hydrogen) atoms. The van der Waals surface area contributed by atoms with Crippen molar-refractivity contribution in [3.63, 3.8) is 0 Å². The minimum absolute atomic E-state index is 0.0603. The van der Waals surface area contributed by atoms with Crippen LogP contribution in [-0.2, 0) is 14.4 Å². The molecule has 15 nitrogen and oxygen atoms in total. The van der Waals surface area contributed by atoms with E-state index < -0.39 is 17.2 Å². The highest BCUT2D eigenvalue weighted by Gasteiger charge is 2.35. The van der Waals surface area contributed by atoms with Crippen molar-refractivity contribution in [2.45, 2.75) is 154 Å². The number of amides is 3. The van der Waals surface area contributed by atoms with Crippen molar-refractivity contribution in [3.05, 3.63) is 65.1 Å². The Hall–Kier alpha value is -5.54. The number of rotatable bonds is 8. The van der Waals surface area contributed by atoms with E-state index in [2.05, 4.69) is 54.3 Å². The van der Waals surface area contributed by atoms with Crippen LogP contribution in [0.15, 0.2) is 45.4 Å². The number of aromatic nitrogens is 4. The van der Waals surface area contributed by atoms with E-state index in [-0.39, 0.29) is 35.8 Å². The zero-order chi connectivity index (χ0) is 43.2. The van der Waals surface area contributed by atoms with Crippen molar-refractivity contribution < 1.29 is 33.6 Å². The van der Waals surface area contributed by atoms with Gasteiger partial charge >= 0.3 is 0 Å². The summed E-state index contributed by atoms with van der Waals surface area (Å²) in [7, 11) is 0. The lowest BCUT2D eigenvalue weighted by Crippen LogP contribution is -2.38. The van der Waals surface area contributed by atoms with E-state index in [1.807, 2.05) is 59.7 Å². The molecular formula is C46H58N8O7. The molecule has 3 aromatic heterocycles. The number of aryl methyl sites for hydroxylation is 4. The number of aliphatic hydroxyl groups is 2. The summed E-state index contributed by atoms with van der Waals surface area (Å²) >= 11 is 0. The van der Waals surface area contributed by atoms with E-state index in [4.69, 9.17) is 14.0 Å². The molecule has 5 aromatic rings. The van der Waals surface area contributed by atoms with Crippen molar-refractivity contribution in [2.75, 3.05) is 10.6 Å². The Kier molecular flexibility index (Phi) is 11.6. The van der Waals surface area contributed by atoms with Gasteiger partial charge in [-0.25, -0.2) is 4.98 Å². The molecule has 0 spiro atoms. The molecular weight excluding hydrogens is 777 g/mol. The summed E-state index contributed by atoms with van der Waals surface area (Å²) in [5.41, 5.74) is 7.78. The molecule has 15 heteroatoms. The Balaban J connectivity index is 0.000000168. The molecule has 0 radical (unpaired) electrons. The Morgan fingerprint density at radius 2 is 1.33 bits per heavy atom. The summed E-state index contributed by atoms with van der Waals surface area (Å²) in [5, 5.41) is 41.1. The van der Waals surface area contributed by atoms with E-state index in [0.717, 1.165) is 120 Å². The van der Waals surface area contributed by atoms with Gasteiger partial charge in [0, 0.05) is 36.1 Å². The van der Waals surface area contributed by atoms with Gasteiger partial charge in [0.25, 0.3) is 0 Å². The summed E-state index contributed by atoms with van der Waals surface area (Å²) in [4.78, 5) is 41.2. The minimum Gasteiger partial charge on any atom is -0.390 e.